The van der Waals surface area contributed by atoms with Gasteiger partial charge in [-0.05, 0) is 37.2 Å². The van der Waals surface area contributed by atoms with Crippen molar-refractivity contribution in [3.05, 3.63) is 24.4 Å². The Morgan fingerprint density at radius 3 is 2.87 bits per heavy atom. The summed E-state index contributed by atoms with van der Waals surface area (Å²) in [5.74, 6) is 0.801. The van der Waals surface area contributed by atoms with Crippen molar-refractivity contribution in [2.24, 2.45) is 5.92 Å². The fraction of sp³-hybridized carbons (Fsp3) is 0.300. The van der Waals surface area contributed by atoms with E-state index in [-0.39, 0.29) is 11.8 Å². The van der Waals surface area contributed by atoms with Gasteiger partial charge in [0.25, 0.3) is 0 Å². The first-order valence-corrected chi connectivity index (χ1v) is 5.19. The van der Waals surface area contributed by atoms with Crippen molar-refractivity contribution in [1.29, 1.82) is 0 Å². The highest BCUT2D eigenvalue weighted by Crippen LogP contribution is 2.28. The zero-order valence-corrected chi connectivity index (χ0v) is 8.88. The Morgan fingerprint density at radius 2 is 2.27 bits per heavy atom. The maximum atomic E-state index is 11.3. The number of aromatic nitrogens is 1. The summed E-state index contributed by atoms with van der Waals surface area (Å²) in [6, 6.07) is 5.45. The molecule has 0 radical (unpaired) electrons. The number of carbonyl (C=O) groups excluding carboxylic acids is 1. The first-order chi connectivity index (χ1) is 7.25. The van der Waals surface area contributed by atoms with Crippen LogP contribution in [-0.2, 0) is 4.79 Å². The number of pyridine rings is 1. The van der Waals surface area contributed by atoms with Gasteiger partial charge in [-0.25, -0.2) is 4.98 Å². The highest BCUT2D eigenvalue weighted by molar-refractivity contribution is 7.80. The molecule has 2 N–H and O–H groups in total. The summed E-state index contributed by atoms with van der Waals surface area (Å²) in [5.41, 5.74) is 0. The second kappa shape index (κ2) is 4.35. The average molecular weight is 221 g/mol. The molecule has 0 spiro atoms. The molecule has 1 heterocycles. The van der Waals surface area contributed by atoms with Crippen LogP contribution in [0, 0.1) is 5.92 Å². The summed E-state index contributed by atoms with van der Waals surface area (Å²) in [7, 11) is 0. The number of thiocarbonyl (C=S) groups is 1. The number of nitrogens with zero attached hydrogens (tertiary/aromatic N) is 1. The Hall–Kier alpha value is -1.49. The lowest BCUT2D eigenvalue weighted by molar-refractivity contribution is -0.120. The number of nitrogens with one attached hydrogen (secondary N) is 2. The van der Waals surface area contributed by atoms with Gasteiger partial charge in [-0.15, -0.1) is 0 Å². The smallest absolute Gasteiger partial charge is 0.229 e. The van der Waals surface area contributed by atoms with Crippen LogP contribution in [0.1, 0.15) is 12.8 Å². The Morgan fingerprint density at radius 1 is 1.47 bits per heavy atom. The van der Waals surface area contributed by atoms with E-state index in [0.29, 0.717) is 10.9 Å². The van der Waals surface area contributed by atoms with E-state index < -0.39 is 0 Å². The molecule has 0 aliphatic heterocycles. The minimum atomic E-state index is 0.00318. The molecule has 78 valence electrons. The van der Waals surface area contributed by atoms with Crippen LogP contribution in [0.3, 0.4) is 0 Å². The quantitative estimate of drug-likeness (QED) is 0.739. The Kier molecular flexibility index (Phi) is 2.91. The normalized spacial score (nSPS) is 14.4. The van der Waals surface area contributed by atoms with Crippen molar-refractivity contribution in [1.82, 2.24) is 10.3 Å². The van der Waals surface area contributed by atoms with Gasteiger partial charge >= 0.3 is 0 Å². The zero-order valence-electron chi connectivity index (χ0n) is 8.06. The van der Waals surface area contributed by atoms with Gasteiger partial charge in [-0.2, -0.15) is 0 Å². The predicted molar refractivity (Wildman–Crippen MR) is 61.3 cm³/mol. The third-order valence-corrected chi connectivity index (χ3v) is 2.30. The SMILES string of the molecule is O=C(NC(=S)Nc1ccccn1)C1CC1. The van der Waals surface area contributed by atoms with Gasteiger partial charge in [-0.3, -0.25) is 4.79 Å². The van der Waals surface area contributed by atoms with Crippen LogP contribution in [0.25, 0.3) is 0 Å². The minimum Gasteiger partial charge on any atom is -0.317 e. The van der Waals surface area contributed by atoms with E-state index in [2.05, 4.69) is 15.6 Å². The topological polar surface area (TPSA) is 54.0 Å². The number of anilines is 1. The monoisotopic (exact) mass is 221 g/mol. The summed E-state index contributed by atoms with van der Waals surface area (Å²) in [5, 5.41) is 5.79. The summed E-state index contributed by atoms with van der Waals surface area (Å²) in [6.07, 6.45) is 3.60. The first-order valence-electron chi connectivity index (χ1n) is 4.78. The fourth-order valence-corrected chi connectivity index (χ4v) is 1.35. The van der Waals surface area contributed by atoms with Crippen molar-refractivity contribution in [2.75, 3.05) is 5.32 Å². The number of amides is 1. The molecule has 0 atom stereocenters. The summed E-state index contributed by atoms with van der Waals surface area (Å²) in [4.78, 5) is 15.4. The van der Waals surface area contributed by atoms with Crippen molar-refractivity contribution < 1.29 is 4.79 Å². The van der Waals surface area contributed by atoms with Gasteiger partial charge in [0.2, 0.25) is 5.91 Å². The van der Waals surface area contributed by atoms with Gasteiger partial charge in [0.15, 0.2) is 5.11 Å². The number of rotatable bonds is 2. The summed E-state index contributed by atoms with van der Waals surface area (Å²) < 4.78 is 0. The summed E-state index contributed by atoms with van der Waals surface area (Å²) >= 11 is 4.98. The molecule has 0 bridgehead atoms. The molecule has 1 fully saturated rings. The largest absolute Gasteiger partial charge is 0.317 e. The molecule has 2 rings (SSSR count). The van der Waals surface area contributed by atoms with E-state index in [9.17, 15) is 4.79 Å². The van der Waals surface area contributed by atoms with Crippen LogP contribution in [0.15, 0.2) is 24.4 Å². The molecule has 15 heavy (non-hydrogen) atoms. The molecule has 1 aliphatic carbocycles. The van der Waals surface area contributed by atoms with Gasteiger partial charge in [0.05, 0.1) is 0 Å². The van der Waals surface area contributed by atoms with Crippen molar-refractivity contribution in [2.45, 2.75) is 12.8 Å². The van der Waals surface area contributed by atoms with Crippen molar-refractivity contribution in [3.63, 3.8) is 0 Å². The average Bonchev–Trinajstić information content (AvgIpc) is 3.01. The Labute approximate surface area is 93.1 Å². The van der Waals surface area contributed by atoms with Crippen molar-refractivity contribution >= 4 is 29.1 Å². The van der Waals surface area contributed by atoms with Crippen LogP contribution in [0.4, 0.5) is 5.82 Å². The molecule has 1 aromatic rings. The number of hydrogen-bond donors (Lipinski definition) is 2. The van der Waals surface area contributed by atoms with E-state index in [0.717, 1.165) is 12.8 Å². The molecule has 1 aliphatic rings. The molecule has 4 nitrogen and oxygen atoms in total. The van der Waals surface area contributed by atoms with E-state index in [1.54, 1.807) is 12.3 Å². The minimum absolute atomic E-state index is 0.00318. The third kappa shape index (κ3) is 2.99. The molecule has 0 saturated heterocycles. The molecule has 0 aromatic carbocycles. The van der Waals surface area contributed by atoms with Crippen LogP contribution >= 0.6 is 12.2 Å². The van der Waals surface area contributed by atoms with E-state index in [1.165, 1.54) is 0 Å². The van der Waals surface area contributed by atoms with E-state index in [4.69, 9.17) is 12.2 Å². The second-order valence-corrected chi connectivity index (χ2v) is 3.84. The van der Waals surface area contributed by atoms with Crippen molar-refractivity contribution in [3.8, 4) is 0 Å². The molecular weight excluding hydrogens is 210 g/mol. The van der Waals surface area contributed by atoms with Crippen LogP contribution < -0.4 is 10.6 Å². The molecular formula is C10H11N3OS. The predicted octanol–water partition coefficient (Wildman–Crippen LogP) is 1.30. The zero-order chi connectivity index (χ0) is 10.7. The lowest BCUT2D eigenvalue weighted by Gasteiger charge is -2.07. The lowest BCUT2D eigenvalue weighted by Crippen LogP contribution is -2.35. The van der Waals surface area contributed by atoms with Crippen LogP contribution in [0.5, 0.6) is 0 Å². The molecule has 1 saturated carbocycles. The van der Waals surface area contributed by atoms with Crippen LogP contribution in [-0.4, -0.2) is 16.0 Å². The fourth-order valence-electron chi connectivity index (χ4n) is 1.14. The maximum absolute atomic E-state index is 11.3. The molecule has 1 aromatic heterocycles. The summed E-state index contributed by atoms with van der Waals surface area (Å²) in [6.45, 7) is 0. The number of carbonyl (C=O) groups is 1. The van der Waals surface area contributed by atoms with Gasteiger partial charge in [0.1, 0.15) is 5.82 Å². The first kappa shape index (κ1) is 10.0. The van der Waals surface area contributed by atoms with Crippen LogP contribution in [0.2, 0.25) is 0 Å². The van der Waals surface area contributed by atoms with E-state index >= 15 is 0 Å². The molecule has 5 heteroatoms. The molecule has 1 amide bonds. The lowest BCUT2D eigenvalue weighted by atomic mass is 10.4. The molecule has 0 unspecified atom stereocenters. The van der Waals surface area contributed by atoms with Gasteiger partial charge < -0.3 is 10.6 Å². The van der Waals surface area contributed by atoms with Gasteiger partial charge in [0, 0.05) is 12.1 Å². The highest BCUT2D eigenvalue weighted by Gasteiger charge is 2.29. The third-order valence-electron chi connectivity index (χ3n) is 2.09. The standard InChI is InChI=1S/C10H11N3OS/c14-9(7-4-5-7)13-10(15)12-8-3-1-2-6-11-8/h1-3,6-7H,4-5H2,(H2,11,12,13,14,15). The number of hydrogen-bond acceptors (Lipinski definition) is 3. The van der Waals surface area contributed by atoms with E-state index in [1.807, 2.05) is 12.1 Å². The van der Waals surface area contributed by atoms with Gasteiger partial charge in [-0.1, -0.05) is 6.07 Å². The Balaban J connectivity index is 1.84. The highest BCUT2D eigenvalue weighted by atomic mass is 32.1. The second-order valence-electron chi connectivity index (χ2n) is 3.43. The maximum Gasteiger partial charge on any atom is 0.229 e. The Bertz CT molecular complexity index is 376.